The van der Waals surface area contributed by atoms with Gasteiger partial charge in [0.25, 0.3) is 0 Å². The fourth-order valence-corrected chi connectivity index (χ4v) is 2.29. The fraction of sp³-hybridized carbons (Fsp3) is 0.923. The van der Waals surface area contributed by atoms with E-state index in [9.17, 15) is 0 Å². The van der Waals surface area contributed by atoms with E-state index in [2.05, 4.69) is 39.9 Å². The first-order chi connectivity index (χ1) is 7.31. The molecule has 0 fully saturated rings. The fourth-order valence-electron chi connectivity index (χ4n) is 1.20. The highest BCUT2D eigenvalue weighted by Crippen LogP contribution is 2.36. The maximum Gasteiger partial charge on any atom is 0.191 e. The van der Waals surface area contributed by atoms with Crippen molar-refractivity contribution in [3.05, 3.63) is 0 Å². The molecule has 0 aromatic rings. The molecule has 0 saturated carbocycles. The minimum Gasteiger partial charge on any atom is -0.417 e. The van der Waals surface area contributed by atoms with E-state index in [0.29, 0.717) is 11.5 Å². The molecule has 0 radical (unpaired) electrons. The Bertz CT molecular complexity index is 225. The number of hydrogen-bond acceptors (Lipinski definition) is 2. The molecule has 0 aromatic heterocycles. The Morgan fingerprint density at radius 2 is 1.62 bits per heavy atom. The zero-order chi connectivity index (χ0) is 12.7. The molecule has 0 spiro atoms. The first-order valence-electron chi connectivity index (χ1n) is 6.32. The molecule has 0 bridgehead atoms. The number of hydrogen-bond donors (Lipinski definition) is 0. The molecule has 16 heavy (non-hydrogen) atoms. The van der Waals surface area contributed by atoms with Gasteiger partial charge in [-0.1, -0.05) is 33.6 Å². The van der Waals surface area contributed by atoms with Crippen LogP contribution in [0, 0.1) is 11.3 Å². The number of nitriles is 1. The summed E-state index contributed by atoms with van der Waals surface area (Å²) < 4.78 is 6.07. The average molecular weight is 241 g/mol. The van der Waals surface area contributed by atoms with E-state index < -0.39 is 8.32 Å². The van der Waals surface area contributed by atoms with Crippen molar-refractivity contribution >= 4 is 8.32 Å². The molecule has 0 aliphatic rings. The largest absolute Gasteiger partial charge is 0.417 e. The Kier molecular flexibility index (Phi) is 6.94. The minimum absolute atomic E-state index is 0.313. The summed E-state index contributed by atoms with van der Waals surface area (Å²) in [5, 5.41) is 8.71. The van der Waals surface area contributed by atoms with Gasteiger partial charge in [0.15, 0.2) is 8.32 Å². The van der Waals surface area contributed by atoms with Gasteiger partial charge in [0, 0.05) is 13.0 Å². The van der Waals surface area contributed by atoms with Crippen LogP contribution in [0.25, 0.3) is 0 Å². The highest BCUT2D eigenvalue weighted by molar-refractivity contribution is 6.74. The molecular formula is C13H27NOSi. The molecule has 0 atom stereocenters. The van der Waals surface area contributed by atoms with Gasteiger partial charge < -0.3 is 4.43 Å². The second-order valence-corrected chi connectivity index (χ2v) is 10.7. The van der Waals surface area contributed by atoms with E-state index in [-0.39, 0.29) is 0 Å². The van der Waals surface area contributed by atoms with Crippen molar-refractivity contribution in [2.45, 2.75) is 71.0 Å². The van der Waals surface area contributed by atoms with Gasteiger partial charge in [-0.2, -0.15) is 5.26 Å². The van der Waals surface area contributed by atoms with Gasteiger partial charge in [-0.25, -0.2) is 0 Å². The van der Waals surface area contributed by atoms with Crippen LogP contribution in [0.1, 0.15) is 52.9 Å². The average Bonchev–Trinajstić information content (AvgIpc) is 2.14. The van der Waals surface area contributed by atoms with Crippen molar-refractivity contribution in [1.29, 1.82) is 5.26 Å². The third-order valence-corrected chi connectivity index (χ3v) is 7.99. The van der Waals surface area contributed by atoms with Crippen LogP contribution >= 0.6 is 0 Å². The lowest BCUT2D eigenvalue weighted by Gasteiger charge is -2.36. The topological polar surface area (TPSA) is 33.0 Å². The van der Waals surface area contributed by atoms with Gasteiger partial charge in [0.2, 0.25) is 0 Å². The molecule has 0 aromatic carbocycles. The maximum absolute atomic E-state index is 8.40. The molecule has 0 N–H and O–H groups in total. The Morgan fingerprint density at radius 1 is 1.06 bits per heavy atom. The molecule has 3 heteroatoms. The first-order valence-corrected chi connectivity index (χ1v) is 9.23. The number of nitrogens with zero attached hydrogens (tertiary/aromatic N) is 1. The lowest BCUT2D eigenvalue weighted by atomic mass is 10.2. The molecule has 94 valence electrons. The number of unbranched alkanes of at least 4 members (excludes halogenated alkanes) is 4. The summed E-state index contributed by atoms with van der Waals surface area (Å²) in [6, 6.07) is 2.18. The highest BCUT2D eigenvalue weighted by atomic mass is 28.4. The van der Waals surface area contributed by atoms with Gasteiger partial charge in [0.05, 0.1) is 6.07 Å². The van der Waals surface area contributed by atoms with Crippen LogP contribution in [0.3, 0.4) is 0 Å². The molecule has 0 amide bonds. The second-order valence-electron chi connectivity index (χ2n) is 5.93. The van der Waals surface area contributed by atoms with E-state index in [1.165, 1.54) is 6.42 Å². The van der Waals surface area contributed by atoms with Gasteiger partial charge in [-0.3, -0.25) is 0 Å². The van der Waals surface area contributed by atoms with E-state index in [1.54, 1.807) is 0 Å². The molecule has 0 unspecified atom stereocenters. The van der Waals surface area contributed by atoms with E-state index >= 15 is 0 Å². The van der Waals surface area contributed by atoms with Gasteiger partial charge in [-0.15, -0.1) is 0 Å². The Morgan fingerprint density at radius 3 is 2.12 bits per heavy atom. The van der Waals surface area contributed by atoms with Crippen molar-refractivity contribution in [3.63, 3.8) is 0 Å². The minimum atomic E-state index is -1.53. The van der Waals surface area contributed by atoms with E-state index in [1.807, 2.05) is 0 Å². The summed E-state index contributed by atoms with van der Waals surface area (Å²) >= 11 is 0. The van der Waals surface area contributed by atoms with Crippen LogP contribution in [-0.2, 0) is 4.43 Å². The molecule has 0 aliphatic carbocycles. The van der Waals surface area contributed by atoms with Crippen molar-refractivity contribution in [2.24, 2.45) is 0 Å². The predicted octanol–water partition coefficient (Wildman–Crippen LogP) is 4.48. The van der Waals surface area contributed by atoms with Crippen molar-refractivity contribution in [3.8, 4) is 6.07 Å². The standard InChI is InChI=1S/C13H27NOSi/c1-13(2,3)16(4,5)15-12-10-8-6-7-9-11-14/h6-10,12H2,1-5H3. The normalized spacial score (nSPS) is 12.5. The lowest BCUT2D eigenvalue weighted by molar-refractivity contribution is 0.277. The molecule has 0 rings (SSSR count). The lowest BCUT2D eigenvalue weighted by Crippen LogP contribution is -2.40. The maximum atomic E-state index is 8.40. The monoisotopic (exact) mass is 241 g/mol. The first kappa shape index (κ1) is 15.7. The third kappa shape index (κ3) is 6.29. The molecule has 0 saturated heterocycles. The summed E-state index contributed by atoms with van der Waals surface area (Å²) in [4.78, 5) is 0. The Labute approximate surface area is 102 Å². The molecular weight excluding hydrogens is 214 g/mol. The van der Waals surface area contributed by atoms with Gasteiger partial charge >= 0.3 is 0 Å². The van der Waals surface area contributed by atoms with Crippen molar-refractivity contribution < 1.29 is 4.43 Å². The van der Waals surface area contributed by atoms with Crippen molar-refractivity contribution in [2.75, 3.05) is 6.61 Å². The van der Waals surface area contributed by atoms with Crippen LogP contribution in [0.5, 0.6) is 0 Å². The zero-order valence-electron chi connectivity index (χ0n) is 11.6. The summed E-state index contributed by atoms with van der Waals surface area (Å²) in [7, 11) is -1.53. The van der Waals surface area contributed by atoms with Crippen LogP contribution in [0.15, 0.2) is 0 Å². The van der Waals surface area contributed by atoms with Crippen LogP contribution in [0.4, 0.5) is 0 Å². The molecule has 0 aliphatic heterocycles. The van der Waals surface area contributed by atoms with E-state index in [4.69, 9.17) is 9.69 Å². The van der Waals surface area contributed by atoms with Crippen LogP contribution in [0.2, 0.25) is 18.1 Å². The zero-order valence-corrected chi connectivity index (χ0v) is 12.6. The van der Waals surface area contributed by atoms with Gasteiger partial charge in [0.1, 0.15) is 0 Å². The Hall–Kier alpha value is -0.333. The Balaban J connectivity index is 3.56. The van der Waals surface area contributed by atoms with Gasteiger partial charge in [-0.05, 0) is 31.0 Å². The predicted molar refractivity (Wildman–Crippen MR) is 71.8 cm³/mol. The highest BCUT2D eigenvalue weighted by Gasteiger charge is 2.36. The SMILES string of the molecule is CC(C)(C)[Si](C)(C)OCCCCCCC#N. The summed E-state index contributed by atoms with van der Waals surface area (Å²) in [5.74, 6) is 0. The summed E-state index contributed by atoms with van der Waals surface area (Å²) in [6.07, 6.45) is 5.22. The molecule has 2 nitrogen and oxygen atoms in total. The van der Waals surface area contributed by atoms with Crippen LogP contribution in [-0.4, -0.2) is 14.9 Å². The smallest absolute Gasteiger partial charge is 0.191 e. The van der Waals surface area contributed by atoms with Crippen LogP contribution < -0.4 is 0 Å². The quantitative estimate of drug-likeness (QED) is 0.486. The third-order valence-electron chi connectivity index (χ3n) is 3.45. The summed E-state index contributed by atoms with van der Waals surface area (Å²) in [5.41, 5.74) is 0. The van der Waals surface area contributed by atoms with E-state index in [0.717, 1.165) is 25.9 Å². The van der Waals surface area contributed by atoms with Crippen molar-refractivity contribution in [1.82, 2.24) is 0 Å². The second kappa shape index (κ2) is 7.08. The summed E-state index contributed by atoms with van der Waals surface area (Å²) in [6.45, 7) is 12.3. The number of rotatable bonds is 7. The molecule has 0 heterocycles.